The summed E-state index contributed by atoms with van der Waals surface area (Å²) in [5, 5.41) is 0. The van der Waals surface area contributed by atoms with Crippen LogP contribution in [-0.2, 0) is 0 Å². The van der Waals surface area contributed by atoms with Gasteiger partial charge in [-0.05, 0) is 31.0 Å². The van der Waals surface area contributed by atoms with E-state index in [0.29, 0.717) is 11.4 Å². The molecule has 0 amide bonds. The van der Waals surface area contributed by atoms with Gasteiger partial charge >= 0.3 is 0 Å². The van der Waals surface area contributed by atoms with Crippen molar-refractivity contribution in [1.82, 2.24) is 0 Å². The maximum atomic E-state index is 13.4. The van der Waals surface area contributed by atoms with E-state index in [1.807, 2.05) is 0 Å². The minimum absolute atomic E-state index is 0.207. The van der Waals surface area contributed by atoms with Gasteiger partial charge in [0.2, 0.25) is 0 Å². The van der Waals surface area contributed by atoms with E-state index in [2.05, 4.69) is 4.90 Å². The molecule has 1 saturated heterocycles. The van der Waals surface area contributed by atoms with E-state index in [1.165, 1.54) is 6.07 Å². The highest BCUT2D eigenvalue weighted by atomic mass is 19.1. The van der Waals surface area contributed by atoms with Crippen molar-refractivity contribution in [2.45, 2.75) is 12.8 Å². The van der Waals surface area contributed by atoms with E-state index >= 15 is 0 Å². The first-order valence-corrected chi connectivity index (χ1v) is 4.57. The van der Waals surface area contributed by atoms with Gasteiger partial charge in [-0.1, -0.05) is 0 Å². The molecule has 0 atom stereocenters. The molecule has 0 spiro atoms. The second-order valence-corrected chi connectivity index (χ2v) is 3.41. The highest BCUT2D eigenvalue weighted by Crippen LogP contribution is 2.24. The quantitative estimate of drug-likeness (QED) is 0.670. The average molecular weight is 180 g/mol. The summed E-state index contributed by atoms with van der Waals surface area (Å²) in [6.07, 6.45) is 2.31. The predicted octanol–water partition coefficient (Wildman–Crippen LogP) is 2.01. The normalized spacial score (nSPS) is 16.5. The summed E-state index contributed by atoms with van der Waals surface area (Å²) in [7, 11) is 0. The van der Waals surface area contributed by atoms with Crippen LogP contribution >= 0.6 is 0 Å². The second kappa shape index (κ2) is 3.24. The summed E-state index contributed by atoms with van der Waals surface area (Å²) >= 11 is 0. The fourth-order valence-electron chi connectivity index (χ4n) is 1.74. The van der Waals surface area contributed by atoms with Crippen LogP contribution in [0.25, 0.3) is 0 Å². The Morgan fingerprint density at radius 1 is 1.23 bits per heavy atom. The predicted molar refractivity (Wildman–Crippen MR) is 52.3 cm³/mol. The molecule has 2 rings (SSSR count). The lowest BCUT2D eigenvalue weighted by Crippen LogP contribution is -2.18. The van der Waals surface area contributed by atoms with Crippen molar-refractivity contribution in [1.29, 1.82) is 0 Å². The summed E-state index contributed by atoms with van der Waals surface area (Å²) in [6, 6.07) is 4.89. The number of nitrogens with zero attached hydrogens (tertiary/aromatic N) is 1. The van der Waals surface area contributed by atoms with Crippen molar-refractivity contribution in [2.24, 2.45) is 0 Å². The Balaban J connectivity index is 2.29. The minimum atomic E-state index is -0.207. The van der Waals surface area contributed by atoms with Gasteiger partial charge in [0.1, 0.15) is 5.82 Å². The zero-order valence-corrected chi connectivity index (χ0v) is 7.46. The van der Waals surface area contributed by atoms with Crippen LogP contribution in [0.4, 0.5) is 15.8 Å². The van der Waals surface area contributed by atoms with E-state index in [-0.39, 0.29) is 5.82 Å². The monoisotopic (exact) mass is 180 g/mol. The number of anilines is 2. The van der Waals surface area contributed by atoms with Crippen molar-refractivity contribution in [3.63, 3.8) is 0 Å². The van der Waals surface area contributed by atoms with Crippen molar-refractivity contribution in [2.75, 3.05) is 23.7 Å². The lowest BCUT2D eigenvalue weighted by Gasteiger charge is -2.18. The number of rotatable bonds is 1. The standard InChI is InChI=1S/C10H13FN2/c11-9-7-8(12)3-4-10(9)13-5-1-2-6-13/h3-4,7H,1-2,5-6,12H2. The van der Waals surface area contributed by atoms with Crippen LogP contribution in [0.15, 0.2) is 18.2 Å². The third kappa shape index (κ3) is 1.59. The molecule has 2 nitrogen and oxygen atoms in total. The number of halogens is 1. The third-order valence-electron chi connectivity index (χ3n) is 2.42. The Morgan fingerprint density at radius 2 is 1.92 bits per heavy atom. The third-order valence-corrected chi connectivity index (χ3v) is 2.42. The maximum absolute atomic E-state index is 13.4. The van der Waals surface area contributed by atoms with Crippen LogP contribution in [0.1, 0.15) is 12.8 Å². The van der Waals surface area contributed by atoms with Crippen LogP contribution in [0, 0.1) is 5.82 Å². The lowest BCUT2D eigenvalue weighted by atomic mass is 10.2. The molecule has 1 aromatic rings. The first kappa shape index (κ1) is 8.35. The van der Waals surface area contributed by atoms with Gasteiger partial charge in [-0.25, -0.2) is 4.39 Å². The summed E-state index contributed by atoms with van der Waals surface area (Å²) in [5.74, 6) is -0.207. The lowest BCUT2D eigenvalue weighted by molar-refractivity contribution is 0.624. The Morgan fingerprint density at radius 3 is 2.54 bits per heavy atom. The molecule has 1 heterocycles. The van der Waals surface area contributed by atoms with Crippen molar-refractivity contribution < 1.29 is 4.39 Å². The molecule has 0 bridgehead atoms. The Bertz CT molecular complexity index is 306. The van der Waals surface area contributed by atoms with Crippen LogP contribution < -0.4 is 10.6 Å². The average Bonchev–Trinajstić information content (AvgIpc) is 2.56. The molecule has 3 heteroatoms. The van der Waals surface area contributed by atoms with Gasteiger partial charge in [0.15, 0.2) is 0 Å². The first-order valence-electron chi connectivity index (χ1n) is 4.57. The van der Waals surface area contributed by atoms with E-state index in [0.717, 1.165) is 25.9 Å². The fourth-order valence-corrected chi connectivity index (χ4v) is 1.74. The number of benzene rings is 1. The van der Waals surface area contributed by atoms with Crippen molar-refractivity contribution in [3.8, 4) is 0 Å². The summed E-state index contributed by atoms with van der Waals surface area (Å²) in [4.78, 5) is 2.06. The molecule has 13 heavy (non-hydrogen) atoms. The molecular weight excluding hydrogens is 167 g/mol. The Kier molecular flexibility index (Phi) is 2.08. The van der Waals surface area contributed by atoms with Gasteiger partial charge in [0.25, 0.3) is 0 Å². The van der Waals surface area contributed by atoms with Gasteiger partial charge in [-0.3, -0.25) is 0 Å². The van der Waals surface area contributed by atoms with Gasteiger partial charge in [-0.2, -0.15) is 0 Å². The minimum Gasteiger partial charge on any atom is -0.399 e. The largest absolute Gasteiger partial charge is 0.399 e. The highest BCUT2D eigenvalue weighted by Gasteiger charge is 2.15. The van der Waals surface area contributed by atoms with Gasteiger partial charge in [0, 0.05) is 18.8 Å². The Labute approximate surface area is 77.2 Å². The van der Waals surface area contributed by atoms with Crippen molar-refractivity contribution >= 4 is 11.4 Å². The van der Waals surface area contributed by atoms with Gasteiger partial charge in [-0.15, -0.1) is 0 Å². The van der Waals surface area contributed by atoms with Crippen LogP contribution in [-0.4, -0.2) is 13.1 Å². The fraction of sp³-hybridized carbons (Fsp3) is 0.400. The zero-order valence-electron chi connectivity index (χ0n) is 7.46. The van der Waals surface area contributed by atoms with Gasteiger partial charge < -0.3 is 10.6 Å². The van der Waals surface area contributed by atoms with Crippen LogP contribution in [0.3, 0.4) is 0 Å². The smallest absolute Gasteiger partial charge is 0.148 e. The summed E-state index contributed by atoms with van der Waals surface area (Å²) in [5.41, 5.74) is 6.64. The molecule has 0 unspecified atom stereocenters. The molecule has 2 N–H and O–H groups in total. The number of hydrogen-bond donors (Lipinski definition) is 1. The molecule has 70 valence electrons. The number of nitrogens with two attached hydrogens (primary N) is 1. The zero-order chi connectivity index (χ0) is 9.26. The molecular formula is C10H13FN2. The van der Waals surface area contributed by atoms with E-state index in [1.54, 1.807) is 12.1 Å². The SMILES string of the molecule is Nc1ccc(N2CCCC2)c(F)c1. The number of nitrogen functional groups attached to an aromatic ring is 1. The first-order chi connectivity index (χ1) is 6.27. The second-order valence-electron chi connectivity index (χ2n) is 3.41. The molecule has 0 saturated carbocycles. The van der Waals surface area contributed by atoms with E-state index in [9.17, 15) is 4.39 Å². The topological polar surface area (TPSA) is 29.3 Å². The van der Waals surface area contributed by atoms with Gasteiger partial charge in [0.05, 0.1) is 5.69 Å². The molecule has 0 aliphatic carbocycles. The highest BCUT2D eigenvalue weighted by molar-refractivity contribution is 5.54. The molecule has 0 radical (unpaired) electrons. The van der Waals surface area contributed by atoms with E-state index < -0.39 is 0 Å². The van der Waals surface area contributed by atoms with E-state index in [4.69, 9.17) is 5.73 Å². The summed E-state index contributed by atoms with van der Waals surface area (Å²) in [6.45, 7) is 1.92. The maximum Gasteiger partial charge on any atom is 0.148 e. The molecule has 1 fully saturated rings. The van der Waals surface area contributed by atoms with Crippen LogP contribution in [0.5, 0.6) is 0 Å². The number of hydrogen-bond acceptors (Lipinski definition) is 2. The molecule has 1 aliphatic rings. The summed E-state index contributed by atoms with van der Waals surface area (Å²) < 4.78 is 13.4. The Hall–Kier alpha value is -1.25. The van der Waals surface area contributed by atoms with Crippen LogP contribution in [0.2, 0.25) is 0 Å². The molecule has 1 aromatic carbocycles. The molecule has 1 aliphatic heterocycles. The van der Waals surface area contributed by atoms with Crippen molar-refractivity contribution in [3.05, 3.63) is 24.0 Å². The molecule has 0 aromatic heterocycles.